The van der Waals surface area contributed by atoms with Crippen molar-refractivity contribution in [2.75, 3.05) is 24.6 Å². The van der Waals surface area contributed by atoms with Crippen LogP contribution in [0.4, 0.5) is 5.69 Å². The lowest BCUT2D eigenvalue weighted by atomic mass is 10.2. The second kappa shape index (κ2) is 6.07. The summed E-state index contributed by atoms with van der Waals surface area (Å²) in [6.45, 7) is 3.35. The zero-order valence-electron chi connectivity index (χ0n) is 9.26. The molecule has 0 saturated heterocycles. The zero-order valence-corrected chi connectivity index (χ0v) is 9.26. The van der Waals surface area contributed by atoms with Crippen molar-refractivity contribution in [3.05, 3.63) is 24.0 Å². The van der Waals surface area contributed by atoms with Gasteiger partial charge in [0.2, 0.25) is 0 Å². The van der Waals surface area contributed by atoms with Gasteiger partial charge in [-0.1, -0.05) is 0 Å². The van der Waals surface area contributed by atoms with Crippen LogP contribution in [0.2, 0.25) is 0 Å². The van der Waals surface area contributed by atoms with E-state index in [2.05, 4.69) is 4.98 Å². The summed E-state index contributed by atoms with van der Waals surface area (Å²) >= 11 is 0. The fourth-order valence-corrected chi connectivity index (χ4v) is 1.53. The third kappa shape index (κ3) is 2.93. The number of carboxylic acids is 1. The molecule has 0 aliphatic heterocycles. The zero-order chi connectivity index (χ0) is 12.0. The van der Waals surface area contributed by atoms with Crippen molar-refractivity contribution in [1.29, 1.82) is 0 Å². The Morgan fingerprint density at radius 1 is 1.56 bits per heavy atom. The van der Waals surface area contributed by atoms with Crippen molar-refractivity contribution in [3.63, 3.8) is 0 Å². The molecule has 88 valence electrons. The molecule has 5 heteroatoms. The summed E-state index contributed by atoms with van der Waals surface area (Å²) in [5.74, 6) is -0.958. The molecule has 0 atom stereocenters. The predicted molar refractivity (Wildman–Crippen MR) is 60.8 cm³/mol. The first-order chi connectivity index (χ1) is 7.70. The highest BCUT2D eigenvalue weighted by Crippen LogP contribution is 2.19. The van der Waals surface area contributed by atoms with Gasteiger partial charge < -0.3 is 15.1 Å². The molecule has 2 N–H and O–H groups in total. The molecule has 16 heavy (non-hydrogen) atoms. The van der Waals surface area contributed by atoms with Crippen LogP contribution in [0.5, 0.6) is 0 Å². The summed E-state index contributed by atoms with van der Waals surface area (Å²) in [5.41, 5.74) is 0.848. The van der Waals surface area contributed by atoms with Crippen LogP contribution in [0.15, 0.2) is 18.5 Å². The van der Waals surface area contributed by atoms with E-state index in [1.165, 1.54) is 12.3 Å². The Kier molecular flexibility index (Phi) is 4.72. The molecule has 1 heterocycles. The Bertz CT molecular complexity index is 355. The molecular weight excluding hydrogens is 208 g/mol. The second-order valence-electron chi connectivity index (χ2n) is 3.35. The summed E-state index contributed by atoms with van der Waals surface area (Å²) in [5, 5.41) is 17.8. The van der Waals surface area contributed by atoms with Crippen molar-refractivity contribution in [1.82, 2.24) is 4.98 Å². The number of carbonyl (C=O) groups is 1. The molecule has 1 aromatic rings. The maximum absolute atomic E-state index is 11.0. The van der Waals surface area contributed by atoms with Crippen molar-refractivity contribution in [2.24, 2.45) is 0 Å². The monoisotopic (exact) mass is 224 g/mol. The standard InChI is InChI=1S/C11H16N2O3/c1-2-13(6-3-7-14)10-8-12-5-4-9(10)11(15)16/h4-5,8,14H,2-3,6-7H2,1H3,(H,15,16). The molecule has 1 rings (SSSR count). The number of hydrogen-bond donors (Lipinski definition) is 2. The van der Waals surface area contributed by atoms with E-state index in [1.807, 2.05) is 11.8 Å². The highest BCUT2D eigenvalue weighted by atomic mass is 16.4. The molecule has 0 radical (unpaired) electrons. The Balaban J connectivity index is 2.94. The molecule has 0 saturated carbocycles. The highest BCUT2D eigenvalue weighted by Gasteiger charge is 2.14. The van der Waals surface area contributed by atoms with E-state index in [-0.39, 0.29) is 12.2 Å². The molecule has 0 amide bonds. The lowest BCUT2D eigenvalue weighted by Gasteiger charge is -2.23. The number of aromatic carboxylic acids is 1. The Hall–Kier alpha value is -1.62. The van der Waals surface area contributed by atoms with Gasteiger partial charge in [-0.25, -0.2) is 4.79 Å². The average Bonchev–Trinajstić information content (AvgIpc) is 2.30. The van der Waals surface area contributed by atoms with Gasteiger partial charge in [0.05, 0.1) is 17.4 Å². The Morgan fingerprint density at radius 3 is 2.88 bits per heavy atom. The number of pyridine rings is 1. The third-order valence-electron chi connectivity index (χ3n) is 2.34. The quantitative estimate of drug-likeness (QED) is 0.753. The van der Waals surface area contributed by atoms with Gasteiger partial charge in [0.25, 0.3) is 0 Å². The van der Waals surface area contributed by atoms with Gasteiger partial charge in [-0.15, -0.1) is 0 Å². The Labute approximate surface area is 94.4 Å². The number of aromatic nitrogens is 1. The van der Waals surface area contributed by atoms with Gasteiger partial charge in [-0.3, -0.25) is 4.98 Å². The SMILES string of the molecule is CCN(CCCO)c1cnccc1C(=O)O. The lowest BCUT2D eigenvalue weighted by molar-refractivity contribution is 0.0697. The average molecular weight is 224 g/mol. The molecule has 0 fully saturated rings. The van der Waals surface area contributed by atoms with E-state index < -0.39 is 5.97 Å². The number of hydrogen-bond acceptors (Lipinski definition) is 4. The van der Waals surface area contributed by atoms with Crippen molar-refractivity contribution in [2.45, 2.75) is 13.3 Å². The summed E-state index contributed by atoms with van der Waals surface area (Å²) < 4.78 is 0. The number of carboxylic acid groups (broad SMARTS) is 1. The molecule has 1 aromatic heterocycles. The van der Waals surface area contributed by atoms with Crippen molar-refractivity contribution < 1.29 is 15.0 Å². The highest BCUT2D eigenvalue weighted by molar-refractivity contribution is 5.94. The van der Waals surface area contributed by atoms with Crippen LogP contribution in [0.3, 0.4) is 0 Å². The third-order valence-corrected chi connectivity index (χ3v) is 2.34. The first kappa shape index (κ1) is 12.4. The minimum absolute atomic E-state index is 0.0964. The molecule has 0 bridgehead atoms. The topological polar surface area (TPSA) is 73.7 Å². The van der Waals surface area contributed by atoms with Crippen molar-refractivity contribution >= 4 is 11.7 Å². The first-order valence-electron chi connectivity index (χ1n) is 5.23. The van der Waals surface area contributed by atoms with Crippen LogP contribution in [0, 0.1) is 0 Å². The molecule has 0 unspecified atom stereocenters. The number of nitrogens with zero attached hydrogens (tertiary/aromatic N) is 2. The smallest absolute Gasteiger partial charge is 0.337 e. The number of anilines is 1. The fraction of sp³-hybridized carbons (Fsp3) is 0.455. The van der Waals surface area contributed by atoms with Crippen LogP contribution in [-0.4, -0.2) is 40.9 Å². The summed E-state index contributed by atoms with van der Waals surface area (Å²) in [6.07, 6.45) is 3.62. The van der Waals surface area contributed by atoms with Gasteiger partial charge in [0.15, 0.2) is 0 Å². The van der Waals surface area contributed by atoms with Gasteiger partial charge in [-0.05, 0) is 19.4 Å². The maximum Gasteiger partial charge on any atom is 0.337 e. The molecule has 0 aliphatic carbocycles. The van der Waals surface area contributed by atoms with Gasteiger partial charge >= 0.3 is 5.97 Å². The largest absolute Gasteiger partial charge is 0.478 e. The molecule has 5 nitrogen and oxygen atoms in total. The number of rotatable bonds is 6. The summed E-state index contributed by atoms with van der Waals surface area (Å²) in [6, 6.07) is 1.49. The van der Waals surface area contributed by atoms with Crippen LogP contribution >= 0.6 is 0 Å². The predicted octanol–water partition coefficient (Wildman–Crippen LogP) is 0.989. The van der Waals surface area contributed by atoms with Crippen LogP contribution in [0.25, 0.3) is 0 Å². The van der Waals surface area contributed by atoms with E-state index in [0.29, 0.717) is 25.2 Å². The van der Waals surface area contributed by atoms with E-state index in [0.717, 1.165) is 0 Å². The van der Waals surface area contributed by atoms with Crippen LogP contribution in [-0.2, 0) is 0 Å². The Morgan fingerprint density at radius 2 is 2.31 bits per heavy atom. The van der Waals surface area contributed by atoms with E-state index in [4.69, 9.17) is 10.2 Å². The number of aliphatic hydroxyl groups excluding tert-OH is 1. The van der Waals surface area contributed by atoms with E-state index >= 15 is 0 Å². The van der Waals surface area contributed by atoms with Crippen molar-refractivity contribution in [3.8, 4) is 0 Å². The van der Waals surface area contributed by atoms with Crippen LogP contribution < -0.4 is 4.90 Å². The fourth-order valence-electron chi connectivity index (χ4n) is 1.53. The lowest BCUT2D eigenvalue weighted by Crippen LogP contribution is -2.26. The van der Waals surface area contributed by atoms with E-state index in [9.17, 15) is 4.79 Å². The second-order valence-corrected chi connectivity index (χ2v) is 3.35. The normalized spacial score (nSPS) is 10.1. The molecule has 0 aliphatic rings. The molecule has 0 aromatic carbocycles. The minimum Gasteiger partial charge on any atom is -0.478 e. The summed E-state index contributed by atoms with van der Waals surface area (Å²) in [4.78, 5) is 16.8. The molecule has 0 spiro atoms. The first-order valence-corrected chi connectivity index (χ1v) is 5.23. The van der Waals surface area contributed by atoms with Crippen LogP contribution in [0.1, 0.15) is 23.7 Å². The van der Waals surface area contributed by atoms with Gasteiger partial charge in [0.1, 0.15) is 0 Å². The number of aliphatic hydroxyl groups is 1. The maximum atomic E-state index is 11.0. The summed E-state index contributed by atoms with van der Waals surface area (Å²) in [7, 11) is 0. The van der Waals surface area contributed by atoms with Gasteiger partial charge in [0, 0.05) is 25.9 Å². The minimum atomic E-state index is -0.958. The van der Waals surface area contributed by atoms with Gasteiger partial charge in [-0.2, -0.15) is 0 Å². The van der Waals surface area contributed by atoms with E-state index in [1.54, 1.807) is 6.20 Å². The molecular formula is C11H16N2O3.